The lowest BCUT2D eigenvalue weighted by atomic mass is 9.97. The molecule has 0 spiro atoms. The Morgan fingerprint density at radius 3 is 1.82 bits per heavy atom. The Bertz CT molecular complexity index is 535. The third-order valence-electron chi connectivity index (χ3n) is 5.61. The molecule has 1 fully saturated rings. The predicted octanol–water partition coefficient (Wildman–Crippen LogP) is -0.348. The quantitative estimate of drug-likeness (QED) is 0.267. The standard InChI is InChI=1S/C21H40O12/c1-23-10-12(25-3)15(17(28-6)18(29-7)20(22)31-9)33-21-19(30-8)16(27-5)14(26-4)13(32-21)11-24-2/h12-19,21H,10-11H2,1-9H3/t12?,13-,14-,15?,16+,17?,18?,19-,21-/m1/s1. The van der Waals surface area contributed by atoms with Crippen molar-refractivity contribution >= 4 is 5.97 Å². The van der Waals surface area contributed by atoms with E-state index in [1.54, 1.807) is 21.3 Å². The van der Waals surface area contributed by atoms with E-state index in [9.17, 15) is 4.79 Å². The van der Waals surface area contributed by atoms with Gasteiger partial charge >= 0.3 is 5.97 Å². The molecule has 1 aliphatic rings. The molecule has 1 saturated heterocycles. The Morgan fingerprint density at radius 2 is 1.39 bits per heavy atom. The summed E-state index contributed by atoms with van der Waals surface area (Å²) in [5.74, 6) is -0.635. The molecular formula is C21H40O12. The maximum absolute atomic E-state index is 12.4. The van der Waals surface area contributed by atoms with Crippen molar-refractivity contribution in [1.82, 2.24) is 0 Å². The summed E-state index contributed by atoms with van der Waals surface area (Å²) in [5.41, 5.74) is 0. The molecule has 12 heteroatoms. The molecular weight excluding hydrogens is 444 g/mol. The van der Waals surface area contributed by atoms with Gasteiger partial charge in [0.2, 0.25) is 0 Å². The van der Waals surface area contributed by atoms with Crippen LogP contribution in [0.5, 0.6) is 0 Å². The van der Waals surface area contributed by atoms with E-state index in [0.717, 1.165) is 0 Å². The molecule has 4 unspecified atom stereocenters. The number of carbonyl (C=O) groups is 1. The first kappa shape index (κ1) is 30.1. The SMILES string of the molecule is COCC(OC)C(O[C@H]1O[C@H](COC)[C@@H](OC)[C@H](OC)[C@H]1OC)C(OC)C(OC)C(=O)OC. The zero-order valence-corrected chi connectivity index (χ0v) is 21.0. The molecule has 0 aromatic heterocycles. The molecule has 0 amide bonds. The average molecular weight is 485 g/mol. The van der Waals surface area contributed by atoms with E-state index in [-0.39, 0.29) is 13.2 Å². The van der Waals surface area contributed by atoms with E-state index in [4.69, 9.17) is 52.1 Å². The lowest BCUT2D eigenvalue weighted by Gasteiger charge is -2.46. The van der Waals surface area contributed by atoms with Gasteiger partial charge in [-0.05, 0) is 0 Å². The van der Waals surface area contributed by atoms with E-state index >= 15 is 0 Å². The summed E-state index contributed by atoms with van der Waals surface area (Å²) in [7, 11) is 13.2. The van der Waals surface area contributed by atoms with Gasteiger partial charge in [0, 0.05) is 56.9 Å². The molecule has 12 nitrogen and oxygen atoms in total. The zero-order chi connectivity index (χ0) is 25.0. The molecule has 0 N–H and O–H groups in total. The van der Waals surface area contributed by atoms with E-state index in [1.165, 1.54) is 42.7 Å². The molecule has 1 rings (SSSR count). The summed E-state index contributed by atoms with van der Waals surface area (Å²) in [6.07, 6.45) is -6.79. The number of ether oxygens (including phenoxy) is 11. The maximum atomic E-state index is 12.4. The van der Waals surface area contributed by atoms with Gasteiger partial charge in [0.1, 0.15) is 42.7 Å². The number of methoxy groups -OCH3 is 9. The van der Waals surface area contributed by atoms with E-state index in [1.807, 2.05) is 0 Å². The number of hydrogen-bond acceptors (Lipinski definition) is 12. The second-order valence-electron chi connectivity index (χ2n) is 7.31. The fraction of sp³-hybridized carbons (Fsp3) is 0.952. The largest absolute Gasteiger partial charge is 0.467 e. The van der Waals surface area contributed by atoms with Crippen LogP contribution < -0.4 is 0 Å². The number of esters is 1. The van der Waals surface area contributed by atoms with Gasteiger partial charge in [-0.3, -0.25) is 0 Å². The van der Waals surface area contributed by atoms with Crippen molar-refractivity contribution in [2.45, 2.75) is 55.1 Å². The molecule has 1 aliphatic heterocycles. The van der Waals surface area contributed by atoms with E-state index in [2.05, 4.69) is 0 Å². The smallest absolute Gasteiger partial charge is 0.337 e. The second-order valence-corrected chi connectivity index (χ2v) is 7.31. The van der Waals surface area contributed by atoms with Gasteiger partial charge in [-0.1, -0.05) is 0 Å². The van der Waals surface area contributed by atoms with Crippen LogP contribution in [-0.2, 0) is 56.9 Å². The molecule has 33 heavy (non-hydrogen) atoms. The van der Waals surface area contributed by atoms with Gasteiger partial charge in [0.05, 0.1) is 20.3 Å². The van der Waals surface area contributed by atoms with Crippen molar-refractivity contribution in [2.24, 2.45) is 0 Å². The van der Waals surface area contributed by atoms with Gasteiger partial charge in [0.25, 0.3) is 0 Å². The Kier molecular flexibility index (Phi) is 14.5. The highest BCUT2D eigenvalue weighted by Gasteiger charge is 2.51. The van der Waals surface area contributed by atoms with Crippen molar-refractivity contribution in [3.05, 3.63) is 0 Å². The molecule has 0 saturated carbocycles. The van der Waals surface area contributed by atoms with Crippen LogP contribution in [0.1, 0.15) is 0 Å². The second kappa shape index (κ2) is 15.9. The van der Waals surface area contributed by atoms with E-state index < -0.39 is 61.1 Å². The van der Waals surface area contributed by atoms with Crippen LogP contribution >= 0.6 is 0 Å². The molecule has 1 heterocycles. The monoisotopic (exact) mass is 484 g/mol. The van der Waals surface area contributed by atoms with Gasteiger partial charge in [-0.15, -0.1) is 0 Å². The Labute approximate surface area is 195 Å². The maximum Gasteiger partial charge on any atom is 0.337 e. The Balaban J connectivity index is 3.38. The van der Waals surface area contributed by atoms with E-state index in [0.29, 0.717) is 0 Å². The lowest BCUT2D eigenvalue weighted by Crippen LogP contribution is -2.63. The highest BCUT2D eigenvalue weighted by molar-refractivity contribution is 5.75. The summed E-state index contributed by atoms with van der Waals surface area (Å²) < 4.78 is 61.6. The average Bonchev–Trinajstić information content (AvgIpc) is 2.83. The summed E-state index contributed by atoms with van der Waals surface area (Å²) in [5, 5.41) is 0. The third-order valence-corrected chi connectivity index (χ3v) is 5.61. The van der Waals surface area contributed by atoms with Crippen molar-refractivity contribution in [3.8, 4) is 0 Å². The predicted molar refractivity (Wildman–Crippen MR) is 114 cm³/mol. The summed E-state index contributed by atoms with van der Waals surface area (Å²) in [4.78, 5) is 12.4. The summed E-state index contributed by atoms with van der Waals surface area (Å²) >= 11 is 0. The van der Waals surface area contributed by atoms with Crippen LogP contribution in [0.2, 0.25) is 0 Å². The molecule has 0 aromatic carbocycles. The first-order valence-corrected chi connectivity index (χ1v) is 10.5. The number of rotatable bonds is 16. The first-order valence-electron chi connectivity index (χ1n) is 10.5. The molecule has 0 bridgehead atoms. The van der Waals surface area contributed by atoms with Crippen molar-refractivity contribution < 1.29 is 56.9 Å². The van der Waals surface area contributed by atoms with Crippen molar-refractivity contribution in [3.63, 3.8) is 0 Å². The zero-order valence-electron chi connectivity index (χ0n) is 21.0. The highest BCUT2D eigenvalue weighted by atomic mass is 16.7. The van der Waals surface area contributed by atoms with Crippen LogP contribution in [-0.4, -0.2) is 138 Å². The normalized spacial score (nSPS) is 29.3. The Hall–Kier alpha value is -0.930. The number of hydrogen-bond donors (Lipinski definition) is 0. The molecule has 0 radical (unpaired) electrons. The minimum absolute atomic E-state index is 0.138. The third kappa shape index (κ3) is 7.52. The topological polar surface area (TPSA) is 119 Å². The minimum atomic E-state index is -1.11. The number of carbonyl (C=O) groups excluding carboxylic acids is 1. The first-order chi connectivity index (χ1) is 15.9. The summed E-state index contributed by atoms with van der Waals surface area (Å²) in [6, 6.07) is 0. The molecule has 0 aromatic rings. The van der Waals surface area contributed by atoms with Gasteiger partial charge < -0.3 is 52.1 Å². The van der Waals surface area contributed by atoms with Crippen molar-refractivity contribution in [1.29, 1.82) is 0 Å². The van der Waals surface area contributed by atoms with Gasteiger partial charge in [0.15, 0.2) is 12.4 Å². The molecule has 9 atom stereocenters. The van der Waals surface area contributed by atoms with Gasteiger partial charge in [-0.25, -0.2) is 4.79 Å². The summed E-state index contributed by atoms with van der Waals surface area (Å²) in [6.45, 7) is 0.362. The van der Waals surface area contributed by atoms with Crippen LogP contribution in [0.15, 0.2) is 0 Å². The lowest BCUT2D eigenvalue weighted by molar-refractivity contribution is -0.337. The Morgan fingerprint density at radius 1 is 0.758 bits per heavy atom. The van der Waals surface area contributed by atoms with Crippen LogP contribution in [0, 0.1) is 0 Å². The van der Waals surface area contributed by atoms with Crippen LogP contribution in [0.4, 0.5) is 0 Å². The highest BCUT2D eigenvalue weighted by Crippen LogP contribution is 2.31. The fourth-order valence-corrected chi connectivity index (χ4v) is 3.99. The molecule has 0 aliphatic carbocycles. The molecule has 196 valence electrons. The van der Waals surface area contributed by atoms with Gasteiger partial charge in [-0.2, -0.15) is 0 Å². The van der Waals surface area contributed by atoms with Crippen LogP contribution in [0.25, 0.3) is 0 Å². The fourth-order valence-electron chi connectivity index (χ4n) is 3.99. The van der Waals surface area contributed by atoms with Crippen LogP contribution in [0.3, 0.4) is 0 Å². The van der Waals surface area contributed by atoms with Crippen molar-refractivity contribution in [2.75, 3.05) is 77.2 Å². The minimum Gasteiger partial charge on any atom is -0.467 e.